The number of carbonyl (C=O) groups excluding carboxylic acids is 2. The van der Waals surface area contributed by atoms with Crippen LogP contribution in [0.15, 0.2) is 54.6 Å². The zero-order chi connectivity index (χ0) is 18.8. The number of carbonyl (C=O) groups is 2. The number of para-hydroxylation sites is 1. The molecule has 0 saturated carbocycles. The van der Waals surface area contributed by atoms with Crippen LogP contribution >= 0.6 is 0 Å². The van der Waals surface area contributed by atoms with Crippen LogP contribution in [-0.4, -0.2) is 38.2 Å². The van der Waals surface area contributed by atoms with Crippen LogP contribution in [0.4, 0.5) is 11.4 Å². The van der Waals surface area contributed by atoms with Crippen molar-refractivity contribution >= 4 is 23.2 Å². The smallest absolute Gasteiger partial charge is 0.262 e. The minimum absolute atomic E-state index is 0.134. The summed E-state index contributed by atoms with van der Waals surface area (Å²) in [6.07, 6.45) is -0.159. The van der Waals surface area contributed by atoms with Gasteiger partial charge in [0.15, 0.2) is 6.61 Å². The fraction of sp³-hybridized carbons (Fsp3) is 0.263. The summed E-state index contributed by atoms with van der Waals surface area (Å²) < 4.78 is 10.6. The molecule has 0 heterocycles. The number of nitrogens with one attached hydrogen (secondary N) is 2. The Hall–Kier alpha value is -2.90. The number of ether oxygens (including phenoxy) is 2. The Bertz CT molecular complexity index is 718. The zero-order valence-electron chi connectivity index (χ0n) is 14.6. The lowest BCUT2D eigenvalue weighted by atomic mass is 10.2. The lowest BCUT2D eigenvalue weighted by Crippen LogP contribution is -2.28. The molecule has 1 unspecified atom stereocenters. The Kier molecular flexibility index (Phi) is 7.60. The first kappa shape index (κ1) is 19.4. The summed E-state index contributed by atoms with van der Waals surface area (Å²) in [7, 11) is 1.51. The van der Waals surface area contributed by atoms with E-state index in [0.717, 1.165) is 0 Å². The number of nitrogens with two attached hydrogens (primary N) is 1. The standard InChI is InChI=1S/C19H23N3O4/c1-25-17(12-20)11-18(23)22-15-8-5-9-16(10-15)26-13-19(24)21-14-6-3-2-4-7-14/h2-10,17H,11-13,20H2,1H3,(H,21,24)(H,22,23). The van der Waals surface area contributed by atoms with Gasteiger partial charge in [-0.05, 0) is 24.3 Å². The summed E-state index contributed by atoms with van der Waals surface area (Å²) in [6, 6.07) is 16.0. The largest absolute Gasteiger partial charge is 0.484 e. The van der Waals surface area contributed by atoms with Gasteiger partial charge in [0, 0.05) is 31.1 Å². The normalized spacial score (nSPS) is 11.5. The first-order chi connectivity index (χ1) is 12.6. The van der Waals surface area contributed by atoms with Gasteiger partial charge in [-0.2, -0.15) is 0 Å². The van der Waals surface area contributed by atoms with E-state index in [2.05, 4.69) is 10.6 Å². The Morgan fingerprint density at radius 3 is 2.38 bits per heavy atom. The molecular formula is C19H23N3O4. The van der Waals surface area contributed by atoms with E-state index in [1.54, 1.807) is 36.4 Å². The van der Waals surface area contributed by atoms with E-state index in [1.807, 2.05) is 18.2 Å². The molecular weight excluding hydrogens is 334 g/mol. The van der Waals surface area contributed by atoms with E-state index >= 15 is 0 Å². The predicted octanol–water partition coefficient (Wildman–Crippen LogP) is 2.01. The van der Waals surface area contributed by atoms with Gasteiger partial charge in [-0.15, -0.1) is 0 Å². The van der Waals surface area contributed by atoms with Gasteiger partial charge < -0.3 is 25.8 Å². The number of rotatable bonds is 9. The van der Waals surface area contributed by atoms with Crippen molar-refractivity contribution in [1.29, 1.82) is 0 Å². The van der Waals surface area contributed by atoms with Crippen LogP contribution in [0, 0.1) is 0 Å². The monoisotopic (exact) mass is 357 g/mol. The van der Waals surface area contributed by atoms with Crippen molar-refractivity contribution in [2.75, 3.05) is 30.9 Å². The molecule has 2 aromatic carbocycles. The van der Waals surface area contributed by atoms with Crippen molar-refractivity contribution in [3.05, 3.63) is 54.6 Å². The summed E-state index contributed by atoms with van der Waals surface area (Å²) in [6.45, 7) is 0.134. The number of anilines is 2. The summed E-state index contributed by atoms with van der Waals surface area (Å²) in [4.78, 5) is 23.9. The van der Waals surface area contributed by atoms with Crippen LogP contribution in [0.1, 0.15) is 6.42 Å². The highest BCUT2D eigenvalue weighted by Crippen LogP contribution is 2.18. The third kappa shape index (κ3) is 6.54. The van der Waals surface area contributed by atoms with Crippen LogP contribution < -0.4 is 21.1 Å². The van der Waals surface area contributed by atoms with Crippen molar-refractivity contribution in [2.24, 2.45) is 5.73 Å². The minimum Gasteiger partial charge on any atom is -0.484 e. The molecule has 0 spiro atoms. The average Bonchev–Trinajstić information content (AvgIpc) is 2.65. The lowest BCUT2D eigenvalue weighted by Gasteiger charge is -2.13. The number of hydrogen-bond donors (Lipinski definition) is 3. The number of benzene rings is 2. The molecule has 1 atom stereocenters. The van der Waals surface area contributed by atoms with Gasteiger partial charge in [0.25, 0.3) is 5.91 Å². The van der Waals surface area contributed by atoms with Gasteiger partial charge in [0.05, 0.1) is 12.5 Å². The fourth-order valence-corrected chi connectivity index (χ4v) is 2.21. The molecule has 0 fully saturated rings. The molecule has 2 aromatic rings. The Balaban J connectivity index is 1.84. The molecule has 7 heteroatoms. The minimum atomic E-state index is -0.323. The zero-order valence-corrected chi connectivity index (χ0v) is 14.6. The van der Waals surface area contributed by atoms with Crippen molar-refractivity contribution in [1.82, 2.24) is 0 Å². The molecule has 4 N–H and O–H groups in total. The topological polar surface area (TPSA) is 103 Å². The van der Waals surface area contributed by atoms with Crippen LogP contribution in [0.3, 0.4) is 0 Å². The quantitative estimate of drug-likeness (QED) is 0.637. The van der Waals surface area contributed by atoms with Crippen LogP contribution in [-0.2, 0) is 14.3 Å². The molecule has 0 aliphatic rings. The highest BCUT2D eigenvalue weighted by molar-refractivity contribution is 5.92. The summed E-state index contributed by atoms with van der Waals surface area (Å²) >= 11 is 0. The molecule has 2 rings (SSSR count). The summed E-state index contributed by atoms with van der Waals surface area (Å²) in [5.74, 6) is 0.00548. The molecule has 0 aromatic heterocycles. The van der Waals surface area contributed by atoms with Crippen molar-refractivity contribution in [2.45, 2.75) is 12.5 Å². The fourth-order valence-electron chi connectivity index (χ4n) is 2.21. The third-order valence-corrected chi connectivity index (χ3v) is 3.55. The second kappa shape index (κ2) is 10.2. The lowest BCUT2D eigenvalue weighted by molar-refractivity contribution is -0.119. The Morgan fingerprint density at radius 2 is 1.69 bits per heavy atom. The molecule has 2 amide bonds. The first-order valence-electron chi connectivity index (χ1n) is 8.21. The molecule has 0 bridgehead atoms. The molecule has 0 radical (unpaired) electrons. The average molecular weight is 357 g/mol. The van der Waals surface area contributed by atoms with Crippen LogP contribution in [0.2, 0.25) is 0 Å². The van der Waals surface area contributed by atoms with E-state index in [0.29, 0.717) is 17.1 Å². The van der Waals surface area contributed by atoms with Gasteiger partial charge in [0.2, 0.25) is 5.91 Å². The molecule has 0 saturated heterocycles. The number of amides is 2. The van der Waals surface area contributed by atoms with E-state index in [1.165, 1.54) is 7.11 Å². The molecule has 0 aliphatic heterocycles. The second-order valence-corrected chi connectivity index (χ2v) is 5.58. The SMILES string of the molecule is COC(CN)CC(=O)Nc1cccc(OCC(=O)Nc2ccccc2)c1. The third-order valence-electron chi connectivity index (χ3n) is 3.55. The van der Waals surface area contributed by atoms with Gasteiger partial charge in [-0.1, -0.05) is 24.3 Å². The van der Waals surface area contributed by atoms with E-state index < -0.39 is 0 Å². The summed E-state index contributed by atoms with van der Waals surface area (Å²) in [5.41, 5.74) is 6.78. The van der Waals surface area contributed by atoms with Crippen LogP contribution in [0.5, 0.6) is 5.75 Å². The summed E-state index contributed by atoms with van der Waals surface area (Å²) in [5, 5.41) is 5.49. The molecule has 7 nitrogen and oxygen atoms in total. The van der Waals surface area contributed by atoms with Gasteiger partial charge >= 0.3 is 0 Å². The van der Waals surface area contributed by atoms with E-state index in [9.17, 15) is 9.59 Å². The van der Waals surface area contributed by atoms with E-state index in [-0.39, 0.29) is 37.5 Å². The predicted molar refractivity (Wildman–Crippen MR) is 100 cm³/mol. The highest BCUT2D eigenvalue weighted by Gasteiger charge is 2.12. The maximum absolute atomic E-state index is 12.0. The first-order valence-corrected chi connectivity index (χ1v) is 8.21. The Labute approximate surface area is 152 Å². The van der Waals surface area contributed by atoms with Crippen LogP contribution in [0.25, 0.3) is 0 Å². The second-order valence-electron chi connectivity index (χ2n) is 5.58. The molecule has 0 aliphatic carbocycles. The Morgan fingerprint density at radius 1 is 1.00 bits per heavy atom. The molecule has 138 valence electrons. The number of methoxy groups -OCH3 is 1. The molecule has 26 heavy (non-hydrogen) atoms. The van der Waals surface area contributed by atoms with E-state index in [4.69, 9.17) is 15.2 Å². The van der Waals surface area contributed by atoms with Gasteiger partial charge in [0.1, 0.15) is 5.75 Å². The highest BCUT2D eigenvalue weighted by atomic mass is 16.5. The van der Waals surface area contributed by atoms with Gasteiger partial charge in [-0.25, -0.2) is 0 Å². The van der Waals surface area contributed by atoms with Crippen molar-refractivity contribution in [3.8, 4) is 5.75 Å². The van der Waals surface area contributed by atoms with Crippen molar-refractivity contribution in [3.63, 3.8) is 0 Å². The van der Waals surface area contributed by atoms with Gasteiger partial charge in [-0.3, -0.25) is 9.59 Å². The maximum Gasteiger partial charge on any atom is 0.262 e. The maximum atomic E-state index is 12.0. The van der Waals surface area contributed by atoms with Crippen molar-refractivity contribution < 1.29 is 19.1 Å². The number of hydrogen-bond acceptors (Lipinski definition) is 5.